The molecule has 0 aliphatic heterocycles. The summed E-state index contributed by atoms with van der Waals surface area (Å²) >= 11 is 0. The van der Waals surface area contributed by atoms with Gasteiger partial charge in [-0.25, -0.2) is 0 Å². The predicted molar refractivity (Wildman–Crippen MR) is 112 cm³/mol. The Bertz CT molecular complexity index is 390. The van der Waals surface area contributed by atoms with E-state index in [1.165, 1.54) is 70.6 Å². The first-order chi connectivity index (χ1) is 11.9. The standard InChI is InChI=1S/C24H38/c1-3-5-7-9-11-13-15-17-19-21-23-24-22-20-18-16-14-12-10-8-6-4-2/h3,5,7,9,11,13,15,17,19,21,23H,1,4,6,8,10,12,14,16,18,20,22,24H2,2H3/b7-5+,11-9+,15-13+,19-17+,23-21+. The fourth-order valence-corrected chi connectivity index (χ4v) is 2.45. The molecule has 0 heteroatoms. The van der Waals surface area contributed by atoms with Gasteiger partial charge in [0.15, 0.2) is 0 Å². The molecule has 0 aromatic carbocycles. The van der Waals surface area contributed by atoms with Crippen LogP contribution >= 0.6 is 0 Å². The number of rotatable bonds is 16. The Balaban J connectivity index is 3.35. The van der Waals surface area contributed by atoms with Gasteiger partial charge in [-0.15, -0.1) is 0 Å². The lowest BCUT2D eigenvalue weighted by Crippen LogP contribution is -1.81. The molecule has 0 bridgehead atoms. The maximum absolute atomic E-state index is 3.62. The van der Waals surface area contributed by atoms with E-state index in [9.17, 15) is 0 Å². The molecule has 0 aliphatic rings. The summed E-state index contributed by atoms with van der Waals surface area (Å²) in [5, 5.41) is 0. The van der Waals surface area contributed by atoms with Crippen LogP contribution in [-0.2, 0) is 0 Å². The maximum Gasteiger partial charge on any atom is -0.0348 e. The van der Waals surface area contributed by atoms with Crippen LogP contribution < -0.4 is 0 Å². The molecule has 0 fully saturated rings. The van der Waals surface area contributed by atoms with Gasteiger partial charge >= 0.3 is 0 Å². The van der Waals surface area contributed by atoms with Crippen LogP contribution in [0.1, 0.15) is 77.6 Å². The SMILES string of the molecule is C=C/C=C/C=C/C=C/C=C/C=C/CCCCCCCCCCCC. The van der Waals surface area contributed by atoms with Crippen molar-refractivity contribution in [2.75, 3.05) is 0 Å². The maximum atomic E-state index is 3.62. The second-order valence-corrected chi connectivity index (χ2v) is 6.17. The third-order valence-corrected chi connectivity index (χ3v) is 3.89. The van der Waals surface area contributed by atoms with Crippen LogP contribution in [0.2, 0.25) is 0 Å². The molecule has 0 N–H and O–H groups in total. The van der Waals surface area contributed by atoms with Crippen LogP contribution in [0.3, 0.4) is 0 Å². The summed E-state index contributed by atoms with van der Waals surface area (Å²) in [4.78, 5) is 0. The van der Waals surface area contributed by atoms with Crippen LogP contribution in [0.15, 0.2) is 73.4 Å². The van der Waals surface area contributed by atoms with E-state index in [1.807, 2.05) is 36.5 Å². The Morgan fingerprint density at radius 2 is 0.917 bits per heavy atom. The molecule has 0 heterocycles. The van der Waals surface area contributed by atoms with Crippen LogP contribution in [-0.4, -0.2) is 0 Å². The van der Waals surface area contributed by atoms with Gasteiger partial charge < -0.3 is 0 Å². The number of hydrogen-bond acceptors (Lipinski definition) is 0. The van der Waals surface area contributed by atoms with E-state index in [-0.39, 0.29) is 0 Å². The first-order valence-electron chi connectivity index (χ1n) is 9.86. The van der Waals surface area contributed by atoms with E-state index in [0.29, 0.717) is 0 Å². The van der Waals surface area contributed by atoms with Gasteiger partial charge in [-0.05, 0) is 12.8 Å². The molecule has 0 saturated heterocycles. The van der Waals surface area contributed by atoms with Crippen molar-refractivity contribution in [1.82, 2.24) is 0 Å². The van der Waals surface area contributed by atoms with Crippen molar-refractivity contribution in [3.05, 3.63) is 73.4 Å². The highest BCUT2D eigenvalue weighted by Gasteiger charge is 1.91. The van der Waals surface area contributed by atoms with Gasteiger partial charge in [0.2, 0.25) is 0 Å². The monoisotopic (exact) mass is 326 g/mol. The highest BCUT2D eigenvalue weighted by atomic mass is 14.0. The molecule has 0 aromatic heterocycles. The zero-order valence-electron chi connectivity index (χ0n) is 15.8. The molecule has 0 amide bonds. The van der Waals surface area contributed by atoms with E-state index < -0.39 is 0 Å². The lowest BCUT2D eigenvalue weighted by molar-refractivity contribution is 0.557. The van der Waals surface area contributed by atoms with Crippen molar-refractivity contribution in [2.45, 2.75) is 77.6 Å². The van der Waals surface area contributed by atoms with Gasteiger partial charge in [0.25, 0.3) is 0 Å². The van der Waals surface area contributed by atoms with Gasteiger partial charge in [0, 0.05) is 0 Å². The minimum Gasteiger partial charge on any atom is -0.0991 e. The van der Waals surface area contributed by atoms with Gasteiger partial charge in [0.05, 0.1) is 0 Å². The largest absolute Gasteiger partial charge is 0.0991 e. The second kappa shape index (κ2) is 21.4. The Morgan fingerprint density at radius 3 is 1.42 bits per heavy atom. The van der Waals surface area contributed by atoms with E-state index in [1.54, 1.807) is 6.08 Å². The lowest BCUT2D eigenvalue weighted by Gasteiger charge is -2.01. The fourth-order valence-electron chi connectivity index (χ4n) is 2.45. The Hall–Kier alpha value is -1.56. The van der Waals surface area contributed by atoms with Crippen molar-refractivity contribution in [1.29, 1.82) is 0 Å². The molecule has 0 atom stereocenters. The topological polar surface area (TPSA) is 0 Å². The quantitative estimate of drug-likeness (QED) is 0.198. The summed E-state index contributed by atoms with van der Waals surface area (Å²) in [5.41, 5.74) is 0. The number of hydrogen-bond donors (Lipinski definition) is 0. The summed E-state index contributed by atoms with van der Waals surface area (Å²) in [6.45, 7) is 5.90. The van der Waals surface area contributed by atoms with Gasteiger partial charge in [-0.2, -0.15) is 0 Å². The smallest absolute Gasteiger partial charge is 0.0348 e. The van der Waals surface area contributed by atoms with Gasteiger partial charge in [0.1, 0.15) is 0 Å². The van der Waals surface area contributed by atoms with Crippen LogP contribution in [0, 0.1) is 0 Å². The van der Waals surface area contributed by atoms with E-state index >= 15 is 0 Å². The summed E-state index contributed by atoms with van der Waals surface area (Å²) in [6, 6.07) is 0. The van der Waals surface area contributed by atoms with Gasteiger partial charge in [-0.3, -0.25) is 0 Å². The Kier molecular flexibility index (Phi) is 20.0. The molecule has 0 aliphatic carbocycles. The van der Waals surface area contributed by atoms with E-state index in [4.69, 9.17) is 0 Å². The van der Waals surface area contributed by atoms with Crippen molar-refractivity contribution in [2.24, 2.45) is 0 Å². The Morgan fingerprint density at radius 1 is 0.500 bits per heavy atom. The number of allylic oxidation sites excluding steroid dienone is 11. The fraction of sp³-hybridized carbons (Fsp3) is 0.500. The van der Waals surface area contributed by atoms with Crippen molar-refractivity contribution >= 4 is 0 Å². The van der Waals surface area contributed by atoms with Crippen molar-refractivity contribution in [3.8, 4) is 0 Å². The average Bonchev–Trinajstić information content (AvgIpc) is 2.60. The summed E-state index contributed by atoms with van der Waals surface area (Å²) in [5.74, 6) is 0. The van der Waals surface area contributed by atoms with Crippen LogP contribution in [0.4, 0.5) is 0 Å². The summed E-state index contributed by atoms with van der Waals surface area (Å²) in [6.07, 6.45) is 37.6. The third kappa shape index (κ3) is 20.4. The molecule has 0 saturated carbocycles. The zero-order valence-corrected chi connectivity index (χ0v) is 15.8. The van der Waals surface area contributed by atoms with Crippen molar-refractivity contribution < 1.29 is 0 Å². The highest BCUT2D eigenvalue weighted by Crippen LogP contribution is 2.11. The molecule has 0 radical (unpaired) electrons. The number of unbranched alkanes of at least 4 members (excludes halogenated alkanes) is 10. The van der Waals surface area contributed by atoms with Crippen LogP contribution in [0.5, 0.6) is 0 Å². The first-order valence-corrected chi connectivity index (χ1v) is 9.86. The third-order valence-electron chi connectivity index (χ3n) is 3.89. The normalized spacial score (nSPS) is 12.7. The molecule has 0 rings (SSSR count). The highest BCUT2D eigenvalue weighted by molar-refractivity contribution is 5.18. The minimum atomic E-state index is 1.21. The molecular weight excluding hydrogens is 288 g/mol. The Labute approximate surface area is 151 Å². The lowest BCUT2D eigenvalue weighted by atomic mass is 10.1. The summed E-state index contributed by atoms with van der Waals surface area (Å²) < 4.78 is 0. The molecule has 24 heavy (non-hydrogen) atoms. The summed E-state index contributed by atoms with van der Waals surface area (Å²) in [7, 11) is 0. The zero-order chi connectivity index (χ0) is 17.6. The second-order valence-electron chi connectivity index (χ2n) is 6.17. The van der Waals surface area contributed by atoms with E-state index in [2.05, 4.69) is 37.8 Å². The molecule has 0 aromatic rings. The first kappa shape index (κ1) is 22.4. The molecular formula is C24H38. The minimum absolute atomic E-state index is 1.21. The molecule has 0 spiro atoms. The van der Waals surface area contributed by atoms with Crippen LogP contribution in [0.25, 0.3) is 0 Å². The van der Waals surface area contributed by atoms with Crippen molar-refractivity contribution in [3.63, 3.8) is 0 Å². The van der Waals surface area contributed by atoms with E-state index in [0.717, 1.165) is 0 Å². The predicted octanol–water partition coefficient (Wildman–Crippen LogP) is 8.26. The molecule has 0 unspecified atom stereocenters. The average molecular weight is 327 g/mol. The molecule has 134 valence electrons. The van der Waals surface area contributed by atoms with Gasteiger partial charge in [-0.1, -0.05) is 138 Å². The molecule has 0 nitrogen and oxygen atoms in total.